The average Bonchev–Trinajstić information content (AvgIpc) is 2.69. The van der Waals surface area contributed by atoms with Crippen molar-refractivity contribution < 1.29 is 18.0 Å². The lowest BCUT2D eigenvalue weighted by Gasteiger charge is -2.21. The molecule has 4 nitrogen and oxygen atoms in total. The number of benzene rings is 2. The number of hydrogen-bond acceptors (Lipinski definition) is 4. The monoisotopic (exact) mass is 403 g/mol. The Labute approximate surface area is 164 Å². The van der Waals surface area contributed by atoms with Crippen LogP contribution < -0.4 is 4.90 Å². The Bertz CT molecular complexity index is 993. The lowest BCUT2D eigenvalue weighted by molar-refractivity contribution is -0.145. The number of aromatic nitrogens is 2. The molecule has 0 saturated heterocycles. The number of rotatable bonds is 6. The van der Waals surface area contributed by atoms with E-state index >= 15 is 0 Å². The molecule has 3 rings (SSSR count). The van der Waals surface area contributed by atoms with Crippen LogP contribution >= 0.6 is 11.8 Å². The zero-order chi connectivity index (χ0) is 20.1. The Morgan fingerprint density at radius 2 is 1.75 bits per heavy atom. The first-order valence-electron chi connectivity index (χ1n) is 8.33. The maximum atomic E-state index is 13.1. The van der Waals surface area contributed by atoms with Gasteiger partial charge in [-0.2, -0.15) is 13.2 Å². The number of nitrogens with zero attached hydrogens (tertiary/aromatic N) is 3. The van der Waals surface area contributed by atoms with Crippen LogP contribution in [0.3, 0.4) is 0 Å². The van der Waals surface area contributed by atoms with E-state index in [1.54, 1.807) is 48.5 Å². The number of amides is 1. The van der Waals surface area contributed by atoms with Crippen LogP contribution in [0.15, 0.2) is 72.3 Å². The summed E-state index contributed by atoms with van der Waals surface area (Å²) in [6.45, 7) is 3.95. The van der Waals surface area contributed by atoms with Gasteiger partial charge >= 0.3 is 6.18 Å². The molecular formula is C20H16F3N3OS. The van der Waals surface area contributed by atoms with Crippen LogP contribution in [0.4, 0.5) is 18.9 Å². The maximum Gasteiger partial charge on any atom is 0.451 e. The van der Waals surface area contributed by atoms with Gasteiger partial charge in [0.1, 0.15) is 5.03 Å². The first-order valence-corrected chi connectivity index (χ1v) is 9.32. The summed E-state index contributed by atoms with van der Waals surface area (Å²) in [5.41, 5.74) is 0.877. The molecule has 0 fully saturated rings. The molecule has 1 amide bonds. The number of para-hydroxylation sites is 2. The Balaban J connectivity index is 1.88. The van der Waals surface area contributed by atoms with Gasteiger partial charge in [-0.1, -0.05) is 54.2 Å². The largest absolute Gasteiger partial charge is 0.451 e. The highest BCUT2D eigenvalue weighted by atomic mass is 32.2. The van der Waals surface area contributed by atoms with Gasteiger partial charge in [0.15, 0.2) is 0 Å². The molecule has 0 bridgehead atoms. The summed E-state index contributed by atoms with van der Waals surface area (Å²) in [7, 11) is 0. The summed E-state index contributed by atoms with van der Waals surface area (Å²) >= 11 is 0.961. The summed E-state index contributed by atoms with van der Waals surface area (Å²) < 4.78 is 39.4. The van der Waals surface area contributed by atoms with Crippen LogP contribution in [0.25, 0.3) is 10.9 Å². The summed E-state index contributed by atoms with van der Waals surface area (Å²) in [4.78, 5) is 21.5. The highest BCUT2D eigenvalue weighted by Gasteiger charge is 2.35. The molecule has 28 heavy (non-hydrogen) atoms. The van der Waals surface area contributed by atoms with Crippen LogP contribution in [0.5, 0.6) is 0 Å². The van der Waals surface area contributed by atoms with E-state index in [0.29, 0.717) is 17.6 Å². The second kappa shape index (κ2) is 8.43. The van der Waals surface area contributed by atoms with Crippen LogP contribution in [0.1, 0.15) is 5.82 Å². The predicted octanol–water partition coefficient (Wildman–Crippen LogP) is 4.96. The van der Waals surface area contributed by atoms with Crippen molar-refractivity contribution in [3.63, 3.8) is 0 Å². The van der Waals surface area contributed by atoms with Crippen LogP contribution in [-0.2, 0) is 11.0 Å². The normalized spacial score (nSPS) is 11.4. The van der Waals surface area contributed by atoms with Crippen molar-refractivity contribution in [2.75, 3.05) is 17.2 Å². The van der Waals surface area contributed by atoms with Crippen molar-refractivity contribution in [2.45, 2.75) is 11.2 Å². The van der Waals surface area contributed by atoms with Crippen molar-refractivity contribution in [2.24, 2.45) is 0 Å². The summed E-state index contributed by atoms with van der Waals surface area (Å²) in [5, 5.41) is 0.598. The number of anilines is 1. The molecule has 0 spiro atoms. The third-order valence-corrected chi connectivity index (χ3v) is 4.81. The van der Waals surface area contributed by atoms with Gasteiger partial charge in [0, 0.05) is 17.6 Å². The summed E-state index contributed by atoms with van der Waals surface area (Å²) in [5.74, 6) is -1.54. The van der Waals surface area contributed by atoms with Crippen LogP contribution in [-0.4, -0.2) is 28.2 Å². The molecule has 144 valence electrons. The average molecular weight is 403 g/mol. The Kier molecular flexibility index (Phi) is 5.99. The van der Waals surface area contributed by atoms with Crippen LogP contribution in [0.2, 0.25) is 0 Å². The van der Waals surface area contributed by atoms with E-state index in [1.165, 1.54) is 11.0 Å². The third-order valence-electron chi connectivity index (χ3n) is 3.83. The lowest BCUT2D eigenvalue weighted by atomic mass is 10.2. The van der Waals surface area contributed by atoms with E-state index in [4.69, 9.17) is 0 Å². The highest BCUT2D eigenvalue weighted by molar-refractivity contribution is 8.00. The Morgan fingerprint density at radius 1 is 1.07 bits per heavy atom. The van der Waals surface area contributed by atoms with Crippen molar-refractivity contribution in [3.05, 3.63) is 73.1 Å². The van der Waals surface area contributed by atoms with Gasteiger partial charge in [0.05, 0.1) is 11.3 Å². The van der Waals surface area contributed by atoms with Crippen molar-refractivity contribution >= 4 is 34.3 Å². The number of hydrogen-bond donors (Lipinski definition) is 0. The minimum Gasteiger partial charge on any atom is -0.308 e. The number of alkyl halides is 3. The van der Waals surface area contributed by atoms with E-state index in [-0.39, 0.29) is 22.2 Å². The van der Waals surface area contributed by atoms with Gasteiger partial charge in [0.25, 0.3) is 0 Å². The van der Waals surface area contributed by atoms with Crippen molar-refractivity contribution in [1.29, 1.82) is 0 Å². The summed E-state index contributed by atoms with van der Waals surface area (Å²) in [6, 6.07) is 15.4. The van der Waals surface area contributed by atoms with Gasteiger partial charge < -0.3 is 4.90 Å². The number of fused-ring (bicyclic) bond motifs is 1. The minimum absolute atomic E-state index is 0.0684. The number of carbonyl (C=O) groups excluding carboxylic acids is 1. The third kappa shape index (κ3) is 4.51. The van der Waals surface area contributed by atoms with E-state index in [0.717, 1.165) is 11.8 Å². The smallest absolute Gasteiger partial charge is 0.308 e. The fourth-order valence-corrected chi connectivity index (χ4v) is 3.48. The SMILES string of the molecule is C=CCN(C(=O)CSc1nc(C(F)(F)F)nc2ccccc12)c1ccccc1. The molecular weight excluding hydrogens is 387 g/mol. The molecule has 0 saturated carbocycles. The predicted molar refractivity (Wildman–Crippen MR) is 104 cm³/mol. The zero-order valence-electron chi connectivity index (χ0n) is 14.7. The van der Waals surface area contributed by atoms with Crippen LogP contribution in [0, 0.1) is 0 Å². The fraction of sp³-hybridized carbons (Fsp3) is 0.150. The Hall–Kier alpha value is -2.87. The molecule has 1 heterocycles. The van der Waals surface area contributed by atoms with E-state index in [9.17, 15) is 18.0 Å². The zero-order valence-corrected chi connectivity index (χ0v) is 15.5. The molecule has 1 aromatic heterocycles. The number of thioether (sulfide) groups is 1. The molecule has 3 aromatic rings. The van der Waals surface area contributed by atoms with Crippen molar-refractivity contribution in [3.8, 4) is 0 Å². The quantitative estimate of drug-likeness (QED) is 0.332. The Morgan fingerprint density at radius 3 is 2.43 bits per heavy atom. The van der Waals surface area contributed by atoms with E-state index in [1.807, 2.05) is 6.07 Å². The molecule has 0 N–H and O–H groups in total. The number of carbonyl (C=O) groups is 1. The van der Waals surface area contributed by atoms with Crippen molar-refractivity contribution in [1.82, 2.24) is 9.97 Å². The molecule has 8 heteroatoms. The standard InChI is InChI=1S/C20H16F3N3OS/c1-2-12-26(14-8-4-3-5-9-14)17(27)13-28-18-15-10-6-7-11-16(15)24-19(25-18)20(21,22)23/h2-11H,1,12-13H2. The molecule has 0 atom stereocenters. The summed E-state index contributed by atoms with van der Waals surface area (Å²) in [6.07, 6.45) is -3.07. The minimum atomic E-state index is -4.66. The fourth-order valence-electron chi connectivity index (χ4n) is 2.58. The van der Waals surface area contributed by atoms with Gasteiger partial charge in [-0.3, -0.25) is 4.79 Å². The van der Waals surface area contributed by atoms with Gasteiger partial charge in [-0.15, -0.1) is 6.58 Å². The first-order chi connectivity index (χ1) is 13.4. The molecule has 0 aliphatic heterocycles. The lowest BCUT2D eigenvalue weighted by Crippen LogP contribution is -2.32. The van der Waals surface area contributed by atoms with Gasteiger partial charge in [-0.25, -0.2) is 9.97 Å². The second-order valence-corrected chi connectivity index (χ2v) is 6.75. The van der Waals surface area contributed by atoms with Gasteiger partial charge in [0.2, 0.25) is 11.7 Å². The van der Waals surface area contributed by atoms with E-state index < -0.39 is 12.0 Å². The van der Waals surface area contributed by atoms with E-state index in [2.05, 4.69) is 16.5 Å². The molecule has 0 aliphatic rings. The topological polar surface area (TPSA) is 46.1 Å². The first kappa shape index (κ1) is 19.9. The van der Waals surface area contributed by atoms with Gasteiger partial charge in [-0.05, 0) is 18.2 Å². The molecule has 2 aromatic carbocycles. The molecule has 0 radical (unpaired) electrons. The molecule has 0 aliphatic carbocycles. The molecule has 0 unspecified atom stereocenters. The maximum absolute atomic E-state index is 13.1. The second-order valence-electron chi connectivity index (χ2n) is 5.78. The number of halogens is 3. The highest BCUT2D eigenvalue weighted by Crippen LogP contribution is 2.32.